The van der Waals surface area contributed by atoms with Gasteiger partial charge in [-0.05, 0) is 13.0 Å². The fourth-order valence-electron chi connectivity index (χ4n) is 1.14. The van der Waals surface area contributed by atoms with Crippen LogP contribution in [-0.2, 0) is 9.53 Å². The van der Waals surface area contributed by atoms with Crippen LogP contribution in [0.3, 0.4) is 0 Å². The molecule has 0 atom stereocenters. The van der Waals surface area contributed by atoms with Crippen LogP contribution < -0.4 is 10.6 Å². The van der Waals surface area contributed by atoms with Crippen LogP contribution in [0.4, 0.5) is 11.8 Å². The molecule has 16 heavy (non-hydrogen) atoms. The molecule has 0 saturated carbocycles. The van der Waals surface area contributed by atoms with Gasteiger partial charge in [0.15, 0.2) is 0 Å². The van der Waals surface area contributed by atoms with Crippen LogP contribution in [0, 0.1) is 0 Å². The Morgan fingerprint density at radius 2 is 2.38 bits per heavy atom. The van der Waals surface area contributed by atoms with Crippen molar-refractivity contribution in [2.75, 3.05) is 30.8 Å². The summed E-state index contributed by atoms with van der Waals surface area (Å²) in [5.41, 5.74) is 5.53. The summed E-state index contributed by atoms with van der Waals surface area (Å²) in [6.07, 6.45) is 1.89. The van der Waals surface area contributed by atoms with E-state index in [4.69, 9.17) is 10.5 Å². The van der Waals surface area contributed by atoms with Gasteiger partial charge in [0.1, 0.15) is 5.82 Å². The maximum atomic E-state index is 11.1. The van der Waals surface area contributed by atoms with Gasteiger partial charge in [0.05, 0.1) is 13.0 Å². The molecule has 0 fully saturated rings. The minimum Gasteiger partial charge on any atom is -0.466 e. The van der Waals surface area contributed by atoms with Crippen LogP contribution in [0.15, 0.2) is 12.3 Å². The SMILES string of the molecule is CCOC(=O)CCN(C)c1nccc(N)n1. The van der Waals surface area contributed by atoms with Crippen molar-refractivity contribution in [3.05, 3.63) is 12.3 Å². The van der Waals surface area contributed by atoms with Gasteiger partial charge >= 0.3 is 5.97 Å². The number of nitrogen functional groups attached to an aromatic ring is 1. The van der Waals surface area contributed by atoms with E-state index < -0.39 is 0 Å². The van der Waals surface area contributed by atoms with Gasteiger partial charge < -0.3 is 15.4 Å². The summed E-state index contributed by atoms with van der Waals surface area (Å²) in [4.78, 5) is 21.0. The summed E-state index contributed by atoms with van der Waals surface area (Å²) in [6, 6.07) is 1.61. The number of rotatable bonds is 5. The highest BCUT2D eigenvalue weighted by atomic mass is 16.5. The molecule has 1 aromatic rings. The van der Waals surface area contributed by atoms with E-state index in [1.165, 1.54) is 0 Å². The van der Waals surface area contributed by atoms with Crippen molar-refractivity contribution in [3.8, 4) is 0 Å². The van der Waals surface area contributed by atoms with E-state index >= 15 is 0 Å². The standard InChI is InChI=1S/C10H16N4O2/c1-3-16-9(15)5-7-14(2)10-12-6-4-8(11)13-10/h4,6H,3,5,7H2,1-2H3,(H2,11,12,13). The number of ether oxygens (including phenoxy) is 1. The summed E-state index contributed by atoms with van der Waals surface area (Å²) >= 11 is 0. The Balaban J connectivity index is 2.46. The van der Waals surface area contributed by atoms with Crippen LogP contribution in [0.1, 0.15) is 13.3 Å². The third-order valence-electron chi connectivity index (χ3n) is 1.96. The van der Waals surface area contributed by atoms with Crippen molar-refractivity contribution >= 4 is 17.7 Å². The molecule has 0 aliphatic rings. The van der Waals surface area contributed by atoms with E-state index in [-0.39, 0.29) is 5.97 Å². The van der Waals surface area contributed by atoms with Crippen LogP contribution >= 0.6 is 0 Å². The number of esters is 1. The fourth-order valence-corrected chi connectivity index (χ4v) is 1.14. The van der Waals surface area contributed by atoms with Gasteiger partial charge in [0.2, 0.25) is 5.95 Å². The first-order chi connectivity index (χ1) is 7.63. The van der Waals surface area contributed by atoms with Crippen molar-refractivity contribution in [2.45, 2.75) is 13.3 Å². The molecule has 1 aromatic heterocycles. The summed E-state index contributed by atoms with van der Waals surface area (Å²) < 4.78 is 4.82. The van der Waals surface area contributed by atoms with Gasteiger partial charge in [-0.25, -0.2) is 4.98 Å². The molecular weight excluding hydrogens is 208 g/mol. The number of nitrogens with two attached hydrogens (primary N) is 1. The summed E-state index contributed by atoms with van der Waals surface area (Å²) in [7, 11) is 1.80. The fraction of sp³-hybridized carbons (Fsp3) is 0.500. The van der Waals surface area contributed by atoms with Crippen molar-refractivity contribution in [1.82, 2.24) is 9.97 Å². The highest BCUT2D eigenvalue weighted by Gasteiger charge is 2.07. The van der Waals surface area contributed by atoms with Gasteiger partial charge in [0.25, 0.3) is 0 Å². The molecule has 6 nitrogen and oxygen atoms in total. The van der Waals surface area contributed by atoms with Crippen molar-refractivity contribution < 1.29 is 9.53 Å². The normalized spacial score (nSPS) is 9.88. The number of anilines is 2. The molecule has 0 spiro atoms. The number of hydrogen-bond acceptors (Lipinski definition) is 6. The maximum absolute atomic E-state index is 11.1. The third kappa shape index (κ3) is 3.72. The number of carbonyl (C=O) groups excluding carboxylic acids is 1. The second-order valence-electron chi connectivity index (χ2n) is 3.26. The zero-order chi connectivity index (χ0) is 12.0. The average Bonchev–Trinajstić information content (AvgIpc) is 2.26. The molecule has 0 radical (unpaired) electrons. The maximum Gasteiger partial charge on any atom is 0.307 e. The largest absolute Gasteiger partial charge is 0.466 e. The van der Waals surface area contributed by atoms with Crippen molar-refractivity contribution in [3.63, 3.8) is 0 Å². The van der Waals surface area contributed by atoms with E-state index in [1.807, 2.05) is 0 Å². The Morgan fingerprint density at radius 3 is 3.00 bits per heavy atom. The quantitative estimate of drug-likeness (QED) is 0.731. The lowest BCUT2D eigenvalue weighted by molar-refractivity contribution is -0.142. The van der Waals surface area contributed by atoms with Crippen molar-refractivity contribution in [2.24, 2.45) is 0 Å². The first kappa shape index (κ1) is 12.2. The van der Waals surface area contributed by atoms with Gasteiger partial charge in [-0.2, -0.15) is 4.98 Å². The van der Waals surface area contributed by atoms with Crippen LogP contribution in [0.2, 0.25) is 0 Å². The Hall–Kier alpha value is -1.85. The minimum atomic E-state index is -0.224. The Kier molecular flexibility index (Phi) is 4.50. The van der Waals surface area contributed by atoms with E-state index in [9.17, 15) is 4.79 Å². The summed E-state index contributed by atoms with van der Waals surface area (Å²) in [5.74, 6) is 0.690. The summed E-state index contributed by atoms with van der Waals surface area (Å²) in [6.45, 7) is 2.68. The van der Waals surface area contributed by atoms with E-state index in [0.717, 1.165) is 0 Å². The molecule has 1 rings (SSSR count). The Morgan fingerprint density at radius 1 is 1.62 bits per heavy atom. The van der Waals surface area contributed by atoms with Crippen LogP contribution in [0.5, 0.6) is 0 Å². The van der Waals surface area contributed by atoms with Crippen LogP contribution in [-0.4, -0.2) is 36.1 Å². The van der Waals surface area contributed by atoms with Gasteiger partial charge in [-0.3, -0.25) is 4.79 Å². The topological polar surface area (TPSA) is 81.3 Å². The monoisotopic (exact) mass is 224 g/mol. The number of aromatic nitrogens is 2. The van der Waals surface area contributed by atoms with Gasteiger partial charge in [-0.15, -0.1) is 0 Å². The highest BCUT2D eigenvalue weighted by Crippen LogP contribution is 2.06. The lowest BCUT2D eigenvalue weighted by atomic mass is 10.4. The first-order valence-electron chi connectivity index (χ1n) is 5.08. The molecule has 0 aliphatic heterocycles. The molecule has 2 N–H and O–H groups in total. The molecule has 0 aromatic carbocycles. The third-order valence-corrected chi connectivity index (χ3v) is 1.96. The van der Waals surface area contributed by atoms with E-state index in [2.05, 4.69) is 9.97 Å². The number of hydrogen-bond donors (Lipinski definition) is 1. The van der Waals surface area contributed by atoms with Crippen LogP contribution in [0.25, 0.3) is 0 Å². The molecule has 0 aliphatic carbocycles. The molecule has 1 heterocycles. The van der Waals surface area contributed by atoms with E-state index in [0.29, 0.717) is 31.3 Å². The van der Waals surface area contributed by atoms with Gasteiger partial charge in [-0.1, -0.05) is 0 Å². The number of nitrogens with zero attached hydrogens (tertiary/aromatic N) is 3. The molecule has 6 heteroatoms. The lowest BCUT2D eigenvalue weighted by Crippen LogP contribution is -2.24. The molecular formula is C10H16N4O2. The molecule has 88 valence electrons. The average molecular weight is 224 g/mol. The molecule has 0 saturated heterocycles. The Bertz CT molecular complexity index is 356. The van der Waals surface area contributed by atoms with E-state index in [1.54, 1.807) is 31.1 Å². The molecule has 0 bridgehead atoms. The zero-order valence-electron chi connectivity index (χ0n) is 9.51. The highest BCUT2D eigenvalue weighted by molar-refractivity contribution is 5.70. The lowest BCUT2D eigenvalue weighted by Gasteiger charge is -2.16. The first-order valence-corrected chi connectivity index (χ1v) is 5.08. The number of carbonyl (C=O) groups is 1. The predicted octanol–water partition coefficient (Wildman–Crippen LogP) is 0.448. The Labute approximate surface area is 94.4 Å². The molecule has 0 amide bonds. The zero-order valence-corrected chi connectivity index (χ0v) is 9.51. The second kappa shape index (κ2) is 5.89. The van der Waals surface area contributed by atoms with Gasteiger partial charge in [0, 0.05) is 19.8 Å². The van der Waals surface area contributed by atoms with Crippen molar-refractivity contribution in [1.29, 1.82) is 0 Å². The summed E-state index contributed by atoms with van der Waals surface area (Å²) in [5, 5.41) is 0. The predicted molar refractivity (Wildman–Crippen MR) is 61.0 cm³/mol. The second-order valence-corrected chi connectivity index (χ2v) is 3.26. The smallest absolute Gasteiger partial charge is 0.307 e. The minimum absolute atomic E-state index is 0.224. The molecule has 0 unspecified atom stereocenters.